The van der Waals surface area contributed by atoms with Gasteiger partial charge in [-0.05, 0) is 23.8 Å². The van der Waals surface area contributed by atoms with Crippen molar-refractivity contribution < 1.29 is 14.6 Å². The number of carboxylic acids is 1. The van der Waals surface area contributed by atoms with Crippen LogP contribution in [0.4, 0.5) is 0 Å². The number of aromatic carboxylic acids is 1. The fourth-order valence-corrected chi connectivity index (χ4v) is 2.57. The van der Waals surface area contributed by atoms with Crippen molar-refractivity contribution >= 4 is 16.9 Å². The van der Waals surface area contributed by atoms with Crippen molar-refractivity contribution in [2.24, 2.45) is 7.05 Å². The summed E-state index contributed by atoms with van der Waals surface area (Å²) in [4.78, 5) is 40.1. The Morgan fingerprint density at radius 3 is 2.52 bits per heavy atom. The molecule has 0 unspecified atom stereocenters. The molecule has 0 aliphatic heterocycles. The summed E-state index contributed by atoms with van der Waals surface area (Å²) in [5.41, 5.74) is -0.283. The predicted octanol–water partition coefficient (Wildman–Crippen LogP) is 0.850. The van der Waals surface area contributed by atoms with Gasteiger partial charge in [-0.2, -0.15) is 0 Å². The van der Waals surface area contributed by atoms with Crippen molar-refractivity contribution in [2.45, 2.75) is 6.54 Å². The molecule has 2 aromatic heterocycles. The summed E-state index contributed by atoms with van der Waals surface area (Å²) in [6.07, 6.45) is 1.22. The van der Waals surface area contributed by atoms with E-state index in [0.29, 0.717) is 5.75 Å². The summed E-state index contributed by atoms with van der Waals surface area (Å²) in [5.74, 6) is -0.573. The quantitative estimate of drug-likeness (QED) is 0.754. The first kappa shape index (κ1) is 16.4. The molecule has 25 heavy (non-hydrogen) atoms. The molecule has 3 rings (SSSR count). The van der Waals surface area contributed by atoms with E-state index in [2.05, 4.69) is 4.98 Å². The third-order valence-corrected chi connectivity index (χ3v) is 3.96. The van der Waals surface area contributed by atoms with Crippen LogP contribution in [-0.2, 0) is 13.6 Å². The topological polar surface area (TPSA) is 103 Å². The van der Waals surface area contributed by atoms with Crippen LogP contribution in [0.3, 0.4) is 0 Å². The predicted molar refractivity (Wildman–Crippen MR) is 90.3 cm³/mol. The van der Waals surface area contributed by atoms with Gasteiger partial charge in [-0.3, -0.25) is 13.9 Å². The average Bonchev–Trinajstić information content (AvgIpc) is 2.63. The second-order valence-electron chi connectivity index (χ2n) is 5.47. The molecular formula is C17H15N3O5. The number of hydrogen-bond acceptors (Lipinski definition) is 5. The van der Waals surface area contributed by atoms with Crippen LogP contribution < -0.4 is 16.0 Å². The van der Waals surface area contributed by atoms with Crippen LogP contribution in [0.15, 0.2) is 46.1 Å². The molecule has 3 aromatic rings. The highest BCUT2D eigenvalue weighted by Gasteiger charge is 2.14. The first-order valence-electron chi connectivity index (χ1n) is 7.38. The molecule has 0 saturated carbocycles. The monoisotopic (exact) mass is 341 g/mol. The molecular weight excluding hydrogens is 326 g/mol. The fourth-order valence-electron chi connectivity index (χ4n) is 2.57. The summed E-state index contributed by atoms with van der Waals surface area (Å²) in [7, 11) is 3.06. The highest BCUT2D eigenvalue weighted by Crippen LogP contribution is 2.12. The summed E-state index contributed by atoms with van der Waals surface area (Å²) in [6, 6.07) is 8.16. The molecule has 0 amide bonds. The van der Waals surface area contributed by atoms with Crippen LogP contribution in [0.2, 0.25) is 0 Å². The number of hydrogen-bond donors (Lipinski definition) is 1. The normalized spacial score (nSPS) is 10.8. The van der Waals surface area contributed by atoms with E-state index in [1.165, 1.54) is 23.9 Å². The molecule has 8 heteroatoms. The molecule has 0 spiro atoms. The number of benzene rings is 1. The van der Waals surface area contributed by atoms with Gasteiger partial charge in [-0.1, -0.05) is 12.1 Å². The van der Waals surface area contributed by atoms with Crippen molar-refractivity contribution in [1.29, 1.82) is 0 Å². The molecule has 0 atom stereocenters. The maximum absolute atomic E-state index is 12.7. The van der Waals surface area contributed by atoms with Crippen LogP contribution in [0.25, 0.3) is 10.9 Å². The third-order valence-electron chi connectivity index (χ3n) is 3.96. The number of aromatic nitrogens is 3. The molecule has 0 saturated heterocycles. The van der Waals surface area contributed by atoms with Gasteiger partial charge in [0.25, 0.3) is 5.56 Å². The number of pyridine rings is 1. The maximum Gasteiger partial charge on any atom is 0.354 e. The Bertz CT molecular complexity index is 1080. The van der Waals surface area contributed by atoms with Gasteiger partial charge < -0.3 is 9.84 Å². The Balaban J connectivity index is 2.18. The van der Waals surface area contributed by atoms with Gasteiger partial charge in [-0.25, -0.2) is 14.6 Å². The number of fused-ring (bicyclic) bond motifs is 1. The Labute approximate surface area is 141 Å². The van der Waals surface area contributed by atoms with Crippen molar-refractivity contribution in [2.75, 3.05) is 7.11 Å². The van der Waals surface area contributed by atoms with E-state index in [-0.39, 0.29) is 23.1 Å². The highest BCUT2D eigenvalue weighted by molar-refractivity contribution is 5.90. The smallest absolute Gasteiger partial charge is 0.354 e. The number of rotatable bonds is 4. The standard InChI is InChI=1S/C17H15N3O5/c1-19-14-8-18-13(16(22)23)7-12(14)15(21)20(17(19)24)9-10-3-5-11(25-2)6-4-10/h3-8H,9H2,1-2H3,(H,22,23). The van der Waals surface area contributed by atoms with E-state index in [1.54, 1.807) is 31.4 Å². The minimum Gasteiger partial charge on any atom is -0.497 e. The zero-order valence-electron chi connectivity index (χ0n) is 13.6. The molecule has 0 bridgehead atoms. The first-order chi connectivity index (χ1) is 11.9. The van der Waals surface area contributed by atoms with E-state index in [0.717, 1.165) is 10.1 Å². The lowest BCUT2D eigenvalue weighted by Crippen LogP contribution is -2.39. The SMILES string of the molecule is COc1ccc(Cn2c(=O)c3cc(C(=O)O)ncc3n(C)c2=O)cc1. The summed E-state index contributed by atoms with van der Waals surface area (Å²) >= 11 is 0. The number of aryl methyl sites for hydroxylation is 1. The number of ether oxygens (including phenoxy) is 1. The van der Waals surface area contributed by atoms with E-state index >= 15 is 0 Å². The van der Waals surface area contributed by atoms with Crippen molar-refractivity contribution in [3.05, 3.63) is 68.6 Å². The highest BCUT2D eigenvalue weighted by atomic mass is 16.5. The van der Waals surface area contributed by atoms with Gasteiger partial charge in [0.15, 0.2) is 0 Å². The third kappa shape index (κ3) is 2.89. The number of nitrogens with zero attached hydrogens (tertiary/aromatic N) is 3. The van der Waals surface area contributed by atoms with Crippen LogP contribution in [0, 0.1) is 0 Å². The van der Waals surface area contributed by atoms with Gasteiger partial charge in [0.2, 0.25) is 0 Å². The van der Waals surface area contributed by atoms with E-state index in [9.17, 15) is 14.4 Å². The zero-order chi connectivity index (χ0) is 18.1. The molecule has 1 N–H and O–H groups in total. The number of methoxy groups -OCH3 is 1. The van der Waals surface area contributed by atoms with Gasteiger partial charge in [-0.15, -0.1) is 0 Å². The number of carbonyl (C=O) groups is 1. The van der Waals surface area contributed by atoms with E-state index in [1.807, 2.05) is 0 Å². The lowest BCUT2D eigenvalue weighted by atomic mass is 10.2. The summed E-state index contributed by atoms with van der Waals surface area (Å²) < 4.78 is 7.42. The first-order valence-corrected chi connectivity index (χ1v) is 7.38. The van der Waals surface area contributed by atoms with E-state index < -0.39 is 17.2 Å². The molecule has 0 aliphatic rings. The second kappa shape index (κ2) is 6.23. The molecule has 0 fully saturated rings. The molecule has 0 aliphatic carbocycles. The average molecular weight is 341 g/mol. The van der Waals surface area contributed by atoms with E-state index in [4.69, 9.17) is 9.84 Å². The van der Waals surface area contributed by atoms with Crippen molar-refractivity contribution in [1.82, 2.24) is 14.1 Å². The minimum atomic E-state index is -1.24. The summed E-state index contributed by atoms with van der Waals surface area (Å²) in [6.45, 7) is 0.0656. The Kier molecular flexibility index (Phi) is 4.10. The Morgan fingerprint density at radius 1 is 1.24 bits per heavy atom. The van der Waals surface area contributed by atoms with Gasteiger partial charge in [0.05, 0.1) is 30.8 Å². The van der Waals surface area contributed by atoms with Crippen LogP contribution in [0.1, 0.15) is 16.1 Å². The fraction of sp³-hybridized carbons (Fsp3) is 0.176. The zero-order valence-corrected chi connectivity index (χ0v) is 13.6. The summed E-state index contributed by atoms with van der Waals surface area (Å²) in [5, 5.41) is 9.19. The Morgan fingerprint density at radius 2 is 1.92 bits per heavy atom. The number of carboxylic acid groups (broad SMARTS) is 1. The second-order valence-corrected chi connectivity index (χ2v) is 5.47. The van der Waals surface area contributed by atoms with Gasteiger partial charge >= 0.3 is 11.7 Å². The van der Waals surface area contributed by atoms with Gasteiger partial charge in [0, 0.05) is 7.05 Å². The van der Waals surface area contributed by atoms with Crippen molar-refractivity contribution in [3.63, 3.8) is 0 Å². The lowest BCUT2D eigenvalue weighted by molar-refractivity contribution is 0.0690. The molecule has 1 aromatic carbocycles. The largest absolute Gasteiger partial charge is 0.497 e. The molecule has 2 heterocycles. The minimum absolute atomic E-state index is 0.0656. The molecule has 8 nitrogen and oxygen atoms in total. The van der Waals surface area contributed by atoms with Crippen molar-refractivity contribution in [3.8, 4) is 5.75 Å². The van der Waals surface area contributed by atoms with Gasteiger partial charge in [0.1, 0.15) is 11.4 Å². The van der Waals surface area contributed by atoms with Crippen LogP contribution in [-0.4, -0.2) is 32.3 Å². The van der Waals surface area contributed by atoms with Crippen LogP contribution in [0.5, 0.6) is 5.75 Å². The van der Waals surface area contributed by atoms with Crippen LogP contribution >= 0.6 is 0 Å². The lowest BCUT2D eigenvalue weighted by Gasteiger charge is -2.11. The molecule has 0 radical (unpaired) electrons. The molecule has 128 valence electrons. The Hall–Kier alpha value is -3.42. The maximum atomic E-state index is 12.7.